The maximum absolute atomic E-state index is 11.5. The Morgan fingerprint density at radius 3 is 2.81 bits per heavy atom. The lowest BCUT2D eigenvalue weighted by Crippen LogP contribution is -2.25. The lowest BCUT2D eigenvalue weighted by molar-refractivity contribution is -0.117. The minimum absolute atomic E-state index is 0.126. The molecule has 1 heterocycles. The predicted molar refractivity (Wildman–Crippen MR) is 57.9 cm³/mol. The molecule has 0 aliphatic carbocycles. The minimum Gasteiger partial charge on any atom is -0.391 e. The molecule has 1 unspecified atom stereocenters. The first-order chi connectivity index (χ1) is 7.58. The number of benzene rings is 1. The third-order valence-electron chi connectivity index (χ3n) is 2.55. The summed E-state index contributed by atoms with van der Waals surface area (Å²) in [7, 11) is 0. The lowest BCUT2D eigenvalue weighted by atomic mass is 10.2. The van der Waals surface area contributed by atoms with Gasteiger partial charge in [0.15, 0.2) is 0 Å². The first-order valence-electron chi connectivity index (χ1n) is 4.96. The largest absolute Gasteiger partial charge is 0.391 e. The van der Waals surface area contributed by atoms with E-state index in [0.29, 0.717) is 11.3 Å². The number of aliphatic hydroxyl groups is 1. The summed E-state index contributed by atoms with van der Waals surface area (Å²) in [5.41, 5.74) is 6.10. The van der Waals surface area contributed by atoms with Crippen molar-refractivity contribution in [3.8, 4) is 0 Å². The first-order valence-corrected chi connectivity index (χ1v) is 4.96. The SMILES string of the molecule is NC(=O)c1cccc(N2CC(O)CC2=O)c1. The molecule has 5 heteroatoms. The number of hydrogen-bond donors (Lipinski definition) is 2. The lowest BCUT2D eigenvalue weighted by Gasteiger charge is -2.16. The zero-order chi connectivity index (χ0) is 11.7. The van der Waals surface area contributed by atoms with Crippen LogP contribution in [0.2, 0.25) is 0 Å². The number of rotatable bonds is 2. The van der Waals surface area contributed by atoms with E-state index in [1.807, 2.05) is 0 Å². The number of nitrogens with two attached hydrogens (primary N) is 1. The molecule has 0 spiro atoms. The molecule has 2 rings (SSSR count). The van der Waals surface area contributed by atoms with Crippen LogP contribution < -0.4 is 10.6 Å². The van der Waals surface area contributed by atoms with Crippen LogP contribution in [0.1, 0.15) is 16.8 Å². The van der Waals surface area contributed by atoms with Gasteiger partial charge in [0, 0.05) is 11.3 Å². The van der Waals surface area contributed by atoms with Crippen molar-refractivity contribution in [1.29, 1.82) is 0 Å². The van der Waals surface area contributed by atoms with Crippen LogP contribution in [0, 0.1) is 0 Å². The number of β-amino-alcohol motifs (C(OH)–C–C–N with tert-alkyl or cyclic N) is 1. The second-order valence-electron chi connectivity index (χ2n) is 3.78. The molecule has 3 N–H and O–H groups in total. The van der Waals surface area contributed by atoms with E-state index in [0.717, 1.165) is 0 Å². The van der Waals surface area contributed by atoms with E-state index < -0.39 is 12.0 Å². The molecule has 84 valence electrons. The van der Waals surface area contributed by atoms with E-state index in [9.17, 15) is 14.7 Å². The Morgan fingerprint density at radius 2 is 2.25 bits per heavy atom. The van der Waals surface area contributed by atoms with E-state index in [-0.39, 0.29) is 18.9 Å². The number of carbonyl (C=O) groups excluding carboxylic acids is 2. The van der Waals surface area contributed by atoms with Gasteiger partial charge in [0.1, 0.15) is 0 Å². The van der Waals surface area contributed by atoms with Gasteiger partial charge in [-0.3, -0.25) is 9.59 Å². The van der Waals surface area contributed by atoms with Gasteiger partial charge in [-0.1, -0.05) is 6.07 Å². The van der Waals surface area contributed by atoms with Crippen molar-refractivity contribution in [3.05, 3.63) is 29.8 Å². The molecule has 1 aliphatic heterocycles. The van der Waals surface area contributed by atoms with Crippen molar-refractivity contribution in [1.82, 2.24) is 0 Å². The molecule has 0 radical (unpaired) electrons. The Balaban J connectivity index is 2.30. The van der Waals surface area contributed by atoms with Gasteiger partial charge in [0.2, 0.25) is 11.8 Å². The number of amides is 2. The molecule has 2 amide bonds. The zero-order valence-corrected chi connectivity index (χ0v) is 8.59. The summed E-state index contributed by atoms with van der Waals surface area (Å²) in [5.74, 6) is -0.678. The van der Waals surface area contributed by atoms with Gasteiger partial charge in [-0.15, -0.1) is 0 Å². The average molecular weight is 220 g/mol. The van der Waals surface area contributed by atoms with Crippen molar-refractivity contribution in [3.63, 3.8) is 0 Å². The topological polar surface area (TPSA) is 83.6 Å². The molecule has 1 atom stereocenters. The fourth-order valence-electron chi connectivity index (χ4n) is 1.77. The second kappa shape index (κ2) is 3.94. The van der Waals surface area contributed by atoms with Crippen LogP contribution in [-0.4, -0.2) is 29.6 Å². The molecule has 1 aromatic rings. The minimum atomic E-state index is -0.635. The Hall–Kier alpha value is -1.88. The molecule has 5 nitrogen and oxygen atoms in total. The van der Waals surface area contributed by atoms with Crippen LogP contribution in [0.4, 0.5) is 5.69 Å². The molecular formula is C11H12N2O3. The van der Waals surface area contributed by atoms with Crippen molar-refractivity contribution in [2.45, 2.75) is 12.5 Å². The van der Waals surface area contributed by atoms with Gasteiger partial charge < -0.3 is 15.7 Å². The summed E-state index contributed by atoms with van der Waals surface area (Å²) >= 11 is 0. The third kappa shape index (κ3) is 1.90. The molecule has 0 aromatic heterocycles. The van der Waals surface area contributed by atoms with E-state index in [1.54, 1.807) is 24.3 Å². The normalized spacial score (nSPS) is 20.2. The summed E-state index contributed by atoms with van der Waals surface area (Å²) in [5, 5.41) is 9.36. The number of nitrogens with zero attached hydrogens (tertiary/aromatic N) is 1. The van der Waals surface area contributed by atoms with Gasteiger partial charge in [-0.05, 0) is 18.2 Å². The van der Waals surface area contributed by atoms with Crippen LogP contribution in [-0.2, 0) is 4.79 Å². The standard InChI is InChI=1S/C11H12N2O3/c12-11(16)7-2-1-3-8(4-7)13-6-9(14)5-10(13)15/h1-4,9,14H,5-6H2,(H2,12,16). The zero-order valence-electron chi connectivity index (χ0n) is 8.59. The maximum atomic E-state index is 11.5. The molecule has 0 bridgehead atoms. The molecule has 1 saturated heterocycles. The first kappa shape index (κ1) is 10.6. The highest BCUT2D eigenvalue weighted by molar-refractivity contribution is 5.98. The number of primary amides is 1. The van der Waals surface area contributed by atoms with Crippen molar-refractivity contribution in [2.75, 3.05) is 11.4 Å². The fraction of sp³-hybridized carbons (Fsp3) is 0.273. The fourth-order valence-corrected chi connectivity index (χ4v) is 1.77. The Morgan fingerprint density at radius 1 is 1.50 bits per heavy atom. The molecule has 16 heavy (non-hydrogen) atoms. The Kier molecular flexibility index (Phi) is 2.62. The molecule has 0 saturated carbocycles. The van der Waals surface area contributed by atoms with Crippen molar-refractivity contribution >= 4 is 17.5 Å². The van der Waals surface area contributed by atoms with Crippen LogP contribution in [0.5, 0.6) is 0 Å². The molecular weight excluding hydrogens is 208 g/mol. The summed E-state index contributed by atoms with van der Waals surface area (Å²) in [4.78, 5) is 24.0. The predicted octanol–water partition coefficient (Wildman–Crippen LogP) is -0.117. The van der Waals surface area contributed by atoms with E-state index in [4.69, 9.17) is 5.73 Å². The number of carbonyl (C=O) groups is 2. The van der Waals surface area contributed by atoms with E-state index >= 15 is 0 Å². The highest BCUT2D eigenvalue weighted by Gasteiger charge is 2.29. The Labute approximate surface area is 92.5 Å². The monoisotopic (exact) mass is 220 g/mol. The maximum Gasteiger partial charge on any atom is 0.248 e. The summed E-state index contributed by atoms with van der Waals surface area (Å²) in [6.45, 7) is 0.265. The van der Waals surface area contributed by atoms with Gasteiger partial charge >= 0.3 is 0 Å². The highest BCUT2D eigenvalue weighted by atomic mass is 16.3. The second-order valence-corrected chi connectivity index (χ2v) is 3.78. The summed E-state index contributed by atoms with van der Waals surface area (Å²) in [6.07, 6.45) is -0.509. The highest BCUT2D eigenvalue weighted by Crippen LogP contribution is 2.22. The van der Waals surface area contributed by atoms with Gasteiger partial charge in [0.25, 0.3) is 0 Å². The van der Waals surface area contributed by atoms with Crippen LogP contribution in [0.3, 0.4) is 0 Å². The van der Waals surface area contributed by atoms with Gasteiger partial charge in [-0.2, -0.15) is 0 Å². The number of hydrogen-bond acceptors (Lipinski definition) is 3. The summed E-state index contributed by atoms with van der Waals surface area (Å²) < 4.78 is 0. The molecule has 1 fully saturated rings. The van der Waals surface area contributed by atoms with E-state index in [1.165, 1.54) is 4.90 Å². The van der Waals surface area contributed by atoms with E-state index in [2.05, 4.69) is 0 Å². The van der Waals surface area contributed by atoms with Crippen molar-refractivity contribution in [2.24, 2.45) is 5.73 Å². The van der Waals surface area contributed by atoms with Crippen molar-refractivity contribution < 1.29 is 14.7 Å². The van der Waals surface area contributed by atoms with Crippen LogP contribution in [0.15, 0.2) is 24.3 Å². The molecule has 1 aliphatic rings. The van der Waals surface area contributed by atoms with Crippen LogP contribution in [0.25, 0.3) is 0 Å². The van der Waals surface area contributed by atoms with Crippen LogP contribution >= 0.6 is 0 Å². The average Bonchev–Trinajstić information content (AvgIpc) is 2.58. The number of anilines is 1. The molecule has 1 aromatic carbocycles. The smallest absolute Gasteiger partial charge is 0.248 e. The third-order valence-corrected chi connectivity index (χ3v) is 2.55. The van der Waals surface area contributed by atoms with Gasteiger partial charge in [0.05, 0.1) is 19.1 Å². The summed E-state index contributed by atoms with van der Waals surface area (Å²) in [6, 6.07) is 6.51. The quantitative estimate of drug-likeness (QED) is 0.729. The Bertz CT molecular complexity index is 445. The number of aliphatic hydroxyl groups excluding tert-OH is 1. The van der Waals surface area contributed by atoms with Gasteiger partial charge in [-0.25, -0.2) is 0 Å².